The number of rotatable bonds is 1. The fraction of sp³-hybridized carbons (Fsp3) is 0.750. The summed E-state index contributed by atoms with van der Waals surface area (Å²) < 4.78 is 0. The molecule has 11 heavy (non-hydrogen) atoms. The van der Waals surface area contributed by atoms with Crippen molar-refractivity contribution in [3.63, 3.8) is 0 Å². The van der Waals surface area contributed by atoms with Gasteiger partial charge in [-0.25, -0.2) is 0 Å². The molecule has 0 bridgehead atoms. The van der Waals surface area contributed by atoms with Crippen LogP contribution in [0, 0.1) is 14.5 Å². The summed E-state index contributed by atoms with van der Waals surface area (Å²) in [5.41, 5.74) is 0. The van der Waals surface area contributed by atoms with Gasteiger partial charge in [0.1, 0.15) is 0 Å². The van der Waals surface area contributed by atoms with Gasteiger partial charge >= 0.3 is 18.6 Å². The summed E-state index contributed by atoms with van der Waals surface area (Å²) in [6.07, 6.45) is 2.50. The molecular weight excluding hydrogens is 175 g/mol. The second-order valence-electron chi connectivity index (χ2n) is 2.68. The zero-order chi connectivity index (χ0) is 6.69. The van der Waals surface area contributed by atoms with Crippen LogP contribution in [0.25, 0.3) is 0 Å². The first-order chi connectivity index (χ1) is 4.33. The summed E-state index contributed by atoms with van der Waals surface area (Å²) in [5, 5.41) is 3.27. The number of likely N-dealkylation sites (tertiary alicyclic amines) is 1. The SMILES string of the molecule is [CH2-]N1CCC(NC)CC1.[CH3-].[V+2]. The Morgan fingerprint density at radius 3 is 2.18 bits per heavy atom. The normalized spacial score (nSPS) is 20.2. The van der Waals surface area contributed by atoms with Gasteiger partial charge < -0.3 is 17.6 Å². The molecule has 3 heteroatoms. The van der Waals surface area contributed by atoms with E-state index in [4.69, 9.17) is 0 Å². The first-order valence-electron chi connectivity index (χ1n) is 3.55. The molecular formula is C8H18N2V. The van der Waals surface area contributed by atoms with Crippen molar-refractivity contribution in [2.24, 2.45) is 0 Å². The van der Waals surface area contributed by atoms with E-state index in [2.05, 4.69) is 17.3 Å². The van der Waals surface area contributed by atoms with Crippen molar-refractivity contribution >= 4 is 0 Å². The van der Waals surface area contributed by atoms with Crippen LogP contribution in [0.4, 0.5) is 0 Å². The molecule has 0 atom stereocenters. The third-order valence-corrected chi connectivity index (χ3v) is 2.00. The van der Waals surface area contributed by atoms with Crippen LogP contribution in [0.5, 0.6) is 0 Å². The maximum Gasteiger partial charge on any atom is 2.00 e. The molecule has 1 aliphatic rings. The zero-order valence-electron chi connectivity index (χ0n) is 7.51. The molecule has 0 unspecified atom stereocenters. The van der Waals surface area contributed by atoms with Crippen LogP contribution in [-0.4, -0.2) is 31.1 Å². The summed E-state index contributed by atoms with van der Waals surface area (Å²) in [5.74, 6) is 0. The van der Waals surface area contributed by atoms with Crippen LogP contribution in [-0.2, 0) is 18.6 Å². The van der Waals surface area contributed by atoms with E-state index in [0.29, 0.717) is 0 Å². The topological polar surface area (TPSA) is 15.3 Å². The zero-order valence-corrected chi connectivity index (χ0v) is 8.90. The Hall–Kier alpha value is 0.504. The van der Waals surface area contributed by atoms with Gasteiger partial charge in [-0.15, -0.1) is 0 Å². The summed E-state index contributed by atoms with van der Waals surface area (Å²) in [6, 6.07) is 0.739. The average Bonchev–Trinajstić information content (AvgIpc) is 1.90. The third-order valence-electron chi connectivity index (χ3n) is 2.00. The Labute approximate surface area is 82.6 Å². The molecule has 0 aliphatic carbocycles. The van der Waals surface area contributed by atoms with Gasteiger partial charge in [0.15, 0.2) is 0 Å². The molecule has 1 rings (SSSR count). The summed E-state index contributed by atoms with van der Waals surface area (Å²) in [4.78, 5) is 2.13. The Balaban J connectivity index is 0. The van der Waals surface area contributed by atoms with Gasteiger partial charge in [0, 0.05) is 6.04 Å². The quantitative estimate of drug-likeness (QED) is 0.623. The van der Waals surface area contributed by atoms with Gasteiger partial charge in [-0.05, 0) is 33.0 Å². The molecule has 1 heterocycles. The molecule has 1 aliphatic heterocycles. The van der Waals surface area contributed by atoms with Crippen molar-refractivity contribution in [2.45, 2.75) is 18.9 Å². The predicted octanol–water partition coefficient (Wildman–Crippen LogP) is 0.910. The largest absolute Gasteiger partial charge is 2.00 e. The molecule has 0 saturated carbocycles. The second-order valence-corrected chi connectivity index (χ2v) is 2.68. The minimum Gasteiger partial charge on any atom is -0.459 e. The minimum atomic E-state index is 0. The van der Waals surface area contributed by atoms with Crippen LogP contribution >= 0.6 is 0 Å². The van der Waals surface area contributed by atoms with Gasteiger partial charge in [-0.3, -0.25) is 7.05 Å². The molecule has 1 fully saturated rings. The first-order valence-corrected chi connectivity index (χ1v) is 3.55. The van der Waals surface area contributed by atoms with Crippen LogP contribution < -0.4 is 5.32 Å². The van der Waals surface area contributed by atoms with E-state index in [9.17, 15) is 0 Å². The number of nitrogens with one attached hydrogen (secondary N) is 1. The predicted molar refractivity (Wildman–Crippen MR) is 45.4 cm³/mol. The van der Waals surface area contributed by atoms with E-state index in [1.807, 2.05) is 7.05 Å². The van der Waals surface area contributed by atoms with Crippen molar-refractivity contribution < 1.29 is 18.6 Å². The number of hydrogen-bond donors (Lipinski definition) is 1. The summed E-state index contributed by atoms with van der Waals surface area (Å²) >= 11 is 0. The molecule has 65 valence electrons. The van der Waals surface area contributed by atoms with Crippen LogP contribution in [0.2, 0.25) is 0 Å². The van der Waals surface area contributed by atoms with Crippen LogP contribution in [0.1, 0.15) is 12.8 Å². The molecule has 1 radical (unpaired) electrons. The fourth-order valence-electron chi connectivity index (χ4n) is 1.22. The monoisotopic (exact) mass is 193 g/mol. The smallest absolute Gasteiger partial charge is 0.459 e. The molecule has 1 N–H and O–H groups in total. The van der Waals surface area contributed by atoms with Gasteiger partial charge in [-0.2, -0.15) is 0 Å². The van der Waals surface area contributed by atoms with Crippen LogP contribution in [0.3, 0.4) is 0 Å². The van der Waals surface area contributed by atoms with E-state index >= 15 is 0 Å². The second kappa shape index (κ2) is 7.17. The first kappa shape index (κ1) is 14.1. The van der Waals surface area contributed by atoms with E-state index in [0.717, 1.165) is 19.1 Å². The summed E-state index contributed by atoms with van der Waals surface area (Å²) in [7, 11) is 5.90. The van der Waals surface area contributed by atoms with E-state index in [-0.39, 0.29) is 26.0 Å². The van der Waals surface area contributed by atoms with Crippen molar-refractivity contribution in [2.75, 3.05) is 20.1 Å². The Morgan fingerprint density at radius 2 is 1.82 bits per heavy atom. The number of nitrogens with zero attached hydrogens (tertiary/aromatic N) is 1. The minimum absolute atomic E-state index is 0. The van der Waals surface area contributed by atoms with Gasteiger partial charge in [0.25, 0.3) is 0 Å². The fourth-order valence-corrected chi connectivity index (χ4v) is 1.22. The standard InChI is InChI=1S/C7H15N2.CH3.V/c1-8-7-3-5-9(2)6-4-7;;/h7-8H,2-6H2,1H3;1H3;/q2*-1;+2. The Bertz CT molecular complexity index is 80.2. The van der Waals surface area contributed by atoms with Crippen molar-refractivity contribution in [1.29, 1.82) is 0 Å². The Kier molecular flexibility index (Phi) is 9.16. The summed E-state index contributed by atoms with van der Waals surface area (Å²) in [6.45, 7) is 2.29. The van der Waals surface area contributed by atoms with Crippen molar-refractivity contribution in [3.8, 4) is 0 Å². The number of hydrogen-bond acceptors (Lipinski definition) is 2. The molecule has 0 aromatic rings. The van der Waals surface area contributed by atoms with Gasteiger partial charge in [0.05, 0.1) is 0 Å². The van der Waals surface area contributed by atoms with E-state index in [1.54, 1.807) is 0 Å². The average molecular weight is 193 g/mol. The number of piperidine rings is 1. The molecule has 2 nitrogen and oxygen atoms in total. The molecule has 0 aromatic carbocycles. The Morgan fingerprint density at radius 1 is 1.36 bits per heavy atom. The third kappa shape index (κ3) is 4.86. The molecule has 1 saturated heterocycles. The maximum absolute atomic E-state index is 3.87. The van der Waals surface area contributed by atoms with Gasteiger partial charge in [0.2, 0.25) is 0 Å². The van der Waals surface area contributed by atoms with Crippen LogP contribution in [0.15, 0.2) is 0 Å². The van der Waals surface area contributed by atoms with Crippen molar-refractivity contribution in [3.05, 3.63) is 14.5 Å². The molecule has 0 amide bonds. The van der Waals surface area contributed by atoms with E-state index < -0.39 is 0 Å². The van der Waals surface area contributed by atoms with Gasteiger partial charge in [-0.1, -0.05) is 0 Å². The van der Waals surface area contributed by atoms with Crippen molar-refractivity contribution in [1.82, 2.24) is 10.2 Å². The molecule has 0 spiro atoms. The molecule has 0 aromatic heterocycles. The maximum atomic E-state index is 3.87. The van der Waals surface area contributed by atoms with E-state index in [1.165, 1.54) is 12.8 Å².